The highest BCUT2D eigenvalue weighted by molar-refractivity contribution is 7.09. The number of aryl methyl sites for hydroxylation is 1. The molecule has 0 bridgehead atoms. The Kier molecular flexibility index (Phi) is 2.91. The fourth-order valence-electron chi connectivity index (χ4n) is 1.27. The normalized spacial score (nSPS) is 10.3. The zero-order valence-corrected chi connectivity index (χ0v) is 9.51. The van der Waals surface area contributed by atoms with Gasteiger partial charge < -0.3 is 5.32 Å². The number of thiazole rings is 1. The molecule has 0 spiro atoms. The van der Waals surface area contributed by atoms with E-state index in [0.717, 1.165) is 22.3 Å². The number of anilines is 1. The van der Waals surface area contributed by atoms with Crippen LogP contribution in [0, 0.1) is 6.92 Å². The fraction of sp³-hybridized carbons (Fsp3) is 0.300. The molecule has 15 heavy (non-hydrogen) atoms. The van der Waals surface area contributed by atoms with Crippen molar-refractivity contribution in [3.05, 3.63) is 34.2 Å². The monoisotopic (exact) mass is 220 g/mol. The van der Waals surface area contributed by atoms with Gasteiger partial charge in [0.2, 0.25) is 0 Å². The molecule has 0 atom stereocenters. The van der Waals surface area contributed by atoms with Gasteiger partial charge in [-0.25, -0.2) is 15.0 Å². The molecule has 5 heteroatoms. The van der Waals surface area contributed by atoms with Crippen molar-refractivity contribution in [2.24, 2.45) is 0 Å². The van der Waals surface area contributed by atoms with Crippen molar-refractivity contribution >= 4 is 17.2 Å². The molecule has 78 valence electrons. The summed E-state index contributed by atoms with van der Waals surface area (Å²) in [6.07, 6.45) is 2.45. The number of nitrogens with zero attached hydrogens (tertiary/aromatic N) is 3. The minimum atomic E-state index is 0.694. The average molecular weight is 220 g/mol. The summed E-state index contributed by atoms with van der Waals surface area (Å²) >= 11 is 1.65. The predicted octanol–water partition coefficient (Wildman–Crippen LogP) is 1.87. The van der Waals surface area contributed by atoms with E-state index in [2.05, 4.69) is 20.3 Å². The van der Waals surface area contributed by atoms with Crippen molar-refractivity contribution in [3.8, 4) is 0 Å². The third-order valence-corrected chi connectivity index (χ3v) is 2.79. The van der Waals surface area contributed by atoms with Gasteiger partial charge in [0.15, 0.2) is 0 Å². The van der Waals surface area contributed by atoms with Crippen molar-refractivity contribution in [2.75, 3.05) is 12.4 Å². The van der Waals surface area contributed by atoms with Gasteiger partial charge in [-0.15, -0.1) is 11.3 Å². The van der Waals surface area contributed by atoms with Crippen LogP contribution in [0.25, 0.3) is 0 Å². The Bertz CT molecular complexity index is 452. The molecule has 2 rings (SSSR count). The summed E-state index contributed by atoms with van der Waals surface area (Å²) in [5.41, 5.74) is 1.03. The van der Waals surface area contributed by atoms with Crippen LogP contribution in [0.1, 0.15) is 16.5 Å². The summed E-state index contributed by atoms with van der Waals surface area (Å²) in [4.78, 5) is 12.9. The van der Waals surface area contributed by atoms with Gasteiger partial charge in [0.1, 0.15) is 11.6 Å². The second-order valence-corrected chi connectivity index (χ2v) is 4.20. The van der Waals surface area contributed by atoms with Crippen LogP contribution in [0.4, 0.5) is 5.82 Å². The first-order chi connectivity index (χ1) is 7.28. The molecular weight excluding hydrogens is 208 g/mol. The van der Waals surface area contributed by atoms with E-state index in [1.165, 1.54) is 0 Å². The van der Waals surface area contributed by atoms with Crippen LogP contribution >= 0.6 is 11.3 Å². The molecule has 4 nitrogen and oxygen atoms in total. The van der Waals surface area contributed by atoms with Crippen molar-refractivity contribution in [1.29, 1.82) is 0 Å². The van der Waals surface area contributed by atoms with Crippen molar-refractivity contribution in [1.82, 2.24) is 15.0 Å². The second kappa shape index (κ2) is 4.35. The summed E-state index contributed by atoms with van der Waals surface area (Å²) in [7, 11) is 1.85. The van der Waals surface area contributed by atoms with Crippen LogP contribution in [-0.4, -0.2) is 22.0 Å². The van der Waals surface area contributed by atoms with E-state index >= 15 is 0 Å². The molecule has 0 aromatic carbocycles. The molecule has 0 saturated carbocycles. The highest BCUT2D eigenvalue weighted by Crippen LogP contribution is 2.11. The average Bonchev–Trinajstić information content (AvgIpc) is 2.64. The van der Waals surface area contributed by atoms with Crippen LogP contribution in [0.15, 0.2) is 17.6 Å². The maximum atomic E-state index is 4.38. The lowest BCUT2D eigenvalue weighted by Gasteiger charge is -2.00. The first-order valence-electron chi connectivity index (χ1n) is 4.68. The number of hydrogen-bond donors (Lipinski definition) is 1. The van der Waals surface area contributed by atoms with Gasteiger partial charge in [0.25, 0.3) is 0 Å². The van der Waals surface area contributed by atoms with E-state index in [1.807, 2.05) is 25.4 Å². The Morgan fingerprint density at radius 1 is 1.40 bits per heavy atom. The number of aromatic nitrogens is 3. The van der Waals surface area contributed by atoms with Crippen LogP contribution in [0.3, 0.4) is 0 Å². The van der Waals surface area contributed by atoms with Crippen molar-refractivity contribution in [2.45, 2.75) is 13.3 Å². The van der Waals surface area contributed by atoms with Gasteiger partial charge in [0.05, 0.1) is 17.1 Å². The Balaban J connectivity index is 2.16. The molecule has 0 unspecified atom stereocenters. The maximum Gasteiger partial charge on any atom is 0.136 e. The third-order valence-electron chi connectivity index (χ3n) is 1.97. The summed E-state index contributed by atoms with van der Waals surface area (Å²) < 4.78 is 0. The molecule has 2 heterocycles. The topological polar surface area (TPSA) is 50.7 Å². The van der Waals surface area contributed by atoms with Gasteiger partial charge in [-0.3, -0.25) is 0 Å². The van der Waals surface area contributed by atoms with E-state index in [-0.39, 0.29) is 0 Å². The molecule has 0 aliphatic carbocycles. The van der Waals surface area contributed by atoms with Crippen molar-refractivity contribution < 1.29 is 0 Å². The second-order valence-electron chi connectivity index (χ2n) is 3.14. The van der Waals surface area contributed by atoms with E-state index < -0.39 is 0 Å². The molecule has 1 N–H and O–H groups in total. The van der Waals surface area contributed by atoms with Gasteiger partial charge in [-0.05, 0) is 13.0 Å². The van der Waals surface area contributed by atoms with Crippen LogP contribution in [0.5, 0.6) is 0 Å². The summed E-state index contributed by atoms with van der Waals surface area (Å²) in [5, 5.41) is 6.11. The third kappa shape index (κ3) is 2.50. The van der Waals surface area contributed by atoms with Crippen LogP contribution in [0.2, 0.25) is 0 Å². The first-order valence-corrected chi connectivity index (χ1v) is 5.56. The molecule has 0 aliphatic heterocycles. The zero-order valence-electron chi connectivity index (χ0n) is 8.69. The Morgan fingerprint density at radius 2 is 2.27 bits per heavy atom. The van der Waals surface area contributed by atoms with Gasteiger partial charge in [-0.1, -0.05) is 0 Å². The van der Waals surface area contributed by atoms with Crippen LogP contribution in [-0.2, 0) is 6.42 Å². The molecule has 2 aromatic rings. The molecule has 2 aromatic heterocycles. The Hall–Kier alpha value is -1.49. The van der Waals surface area contributed by atoms with E-state index in [0.29, 0.717) is 6.42 Å². The van der Waals surface area contributed by atoms with E-state index in [1.54, 1.807) is 17.5 Å². The van der Waals surface area contributed by atoms with Gasteiger partial charge in [-0.2, -0.15) is 0 Å². The maximum absolute atomic E-state index is 4.38. The highest BCUT2D eigenvalue weighted by atomic mass is 32.1. The zero-order chi connectivity index (χ0) is 10.7. The highest BCUT2D eigenvalue weighted by Gasteiger charge is 2.03. The Labute approximate surface area is 92.4 Å². The molecular formula is C10H12N4S. The lowest BCUT2D eigenvalue weighted by molar-refractivity contribution is 0.941. The molecule has 0 fully saturated rings. The van der Waals surface area contributed by atoms with Crippen LogP contribution < -0.4 is 5.32 Å². The lowest BCUT2D eigenvalue weighted by Crippen LogP contribution is -2.00. The van der Waals surface area contributed by atoms with Crippen molar-refractivity contribution in [3.63, 3.8) is 0 Å². The van der Waals surface area contributed by atoms with Gasteiger partial charge in [0, 0.05) is 18.6 Å². The molecule has 0 radical (unpaired) electrons. The molecule has 0 aliphatic rings. The predicted molar refractivity (Wildman–Crippen MR) is 61.2 cm³/mol. The fourth-order valence-corrected chi connectivity index (χ4v) is 1.89. The lowest BCUT2D eigenvalue weighted by atomic mass is 10.3. The smallest absolute Gasteiger partial charge is 0.136 e. The summed E-state index contributed by atoms with van der Waals surface area (Å²) in [6, 6.07) is 1.84. The number of nitrogens with one attached hydrogen (secondary N) is 1. The largest absolute Gasteiger partial charge is 0.373 e. The number of hydrogen-bond acceptors (Lipinski definition) is 5. The summed E-state index contributed by atoms with van der Waals surface area (Å²) in [5.74, 6) is 1.64. The van der Waals surface area contributed by atoms with Gasteiger partial charge >= 0.3 is 0 Å². The minimum absolute atomic E-state index is 0.694. The molecule has 0 amide bonds. The molecule has 0 saturated heterocycles. The first kappa shape index (κ1) is 10.0. The number of rotatable bonds is 3. The summed E-state index contributed by atoms with van der Waals surface area (Å²) in [6.45, 7) is 2.00. The van der Waals surface area contributed by atoms with E-state index in [4.69, 9.17) is 0 Å². The minimum Gasteiger partial charge on any atom is -0.373 e. The van der Waals surface area contributed by atoms with E-state index in [9.17, 15) is 0 Å². The SMILES string of the molecule is CNc1ccnc(Cc2csc(C)n2)n1. The quantitative estimate of drug-likeness (QED) is 0.858. The Morgan fingerprint density at radius 3 is 2.93 bits per heavy atom. The standard InChI is InChI=1S/C10H12N4S/c1-7-13-8(6-15-7)5-10-12-4-3-9(11-2)14-10/h3-4,6H,5H2,1-2H3,(H,11,12,14).